The maximum absolute atomic E-state index is 11.3. The number of benzene rings is 4. The van der Waals surface area contributed by atoms with E-state index in [2.05, 4.69) is 6.07 Å². The smallest absolute Gasteiger partial charge is 0.299 e. The predicted molar refractivity (Wildman–Crippen MR) is 131 cm³/mol. The Morgan fingerprint density at radius 3 is 1.56 bits per heavy atom. The molecule has 0 aliphatic carbocycles. The molecular formula is C24H17LiO8S3. The van der Waals surface area contributed by atoms with Crippen LogP contribution < -0.4 is 18.9 Å². The maximum atomic E-state index is 11.3. The van der Waals surface area contributed by atoms with Gasteiger partial charge in [0.25, 0.3) is 20.2 Å². The number of fused-ring (bicyclic) bond motifs is 3. The molecular weight excluding hydrogens is 519 g/mol. The number of hydrogen-bond acceptors (Lipinski definition) is 6. The molecule has 0 amide bonds. The summed E-state index contributed by atoms with van der Waals surface area (Å²) < 4.78 is 85.8. The van der Waals surface area contributed by atoms with Gasteiger partial charge in [0.2, 0.25) is 0 Å². The number of rotatable bonds is 4. The van der Waals surface area contributed by atoms with E-state index in [-0.39, 0.29) is 33.5 Å². The van der Waals surface area contributed by atoms with Crippen LogP contribution in [0.1, 0.15) is 0 Å². The standard InChI is InChI=1S/C24H17O8S3.Li/c25-33(26)23-13-17(15-1-7-19(8-2-15)34(27,28)29)5-11-21(23)22-12-6-18(14-24(22)33)16-3-9-20(10-4-16)35(30,31)32;/h1-11,13-14,25-26H,(H,27,28,29)(H,30,31,32);/q-1;+1. The summed E-state index contributed by atoms with van der Waals surface area (Å²) in [7, 11) is -12.0. The van der Waals surface area contributed by atoms with Gasteiger partial charge in [0, 0.05) is 4.90 Å². The second-order valence-electron chi connectivity index (χ2n) is 7.89. The molecule has 4 N–H and O–H groups in total. The third-order valence-corrected chi connectivity index (χ3v) is 9.36. The average Bonchev–Trinajstić information content (AvgIpc) is 3.04. The quantitative estimate of drug-likeness (QED) is 0.177. The number of hydrogen-bond donors (Lipinski definition) is 4. The first-order chi connectivity index (χ1) is 16.4. The molecule has 4 aromatic carbocycles. The normalized spacial score (nSPS) is 14.9. The first-order valence-corrected chi connectivity index (χ1v) is 14.4. The van der Waals surface area contributed by atoms with Crippen LogP contribution in [0.15, 0.2) is 98.4 Å². The van der Waals surface area contributed by atoms with Crippen LogP contribution >= 0.6 is 10.6 Å². The summed E-state index contributed by atoms with van der Waals surface area (Å²) in [4.78, 5) is 0.0905. The Kier molecular flexibility index (Phi) is 6.76. The summed E-state index contributed by atoms with van der Waals surface area (Å²) in [6, 6.07) is 22.6. The Balaban J connectivity index is 0.00000304. The Morgan fingerprint density at radius 2 is 1.06 bits per heavy atom. The molecule has 0 radical (unpaired) electrons. The van der Waals surface area contributed by atoms with Gasteiger partial charge in [-0.25, -0.2) is 0 Å². The van der Waals surface area contributed by atoms with Crippen LogP contribution in [0.4, 0.5) is 0 Å². The molecule has 1 heterocycles. The minimum absolute atomic E-state index is 0. The van der Waals surface area contributed by atoms with Gasteiger partial charge in [-0.1, -0.05) is 53.1 Å². The van der Waals surface area contributed by atoms with Crippen molar-refractivity contribution in [1.82, 2.24) is 0 Å². The summed E-state index contributed by atoms with van der Waals surface area (Å²) >= 11 is 0. The second-order valence-corrected chi connectivity index (χ2v) is 12.7. The van der Waals surface area contributed by atoms with Crippen molar-refractivity contribution in [2.24, 2.45) is 0 Å². The van der Waals surface area contributed by atoms with E-state index in [9.17, 15) is 25.9 Å². The fraction of sp³-hybridized carbons (Fsp3) is 0. The van der Waals surface area contributed by atoms with Crippen LogP contribution in [0.3, 0.4) is 0 Å². The van der Waals surface area contributed by atoms with Gasteiger partial charge in [-0.15, -0.1) is 23.8 Å². The molecule has 1 aliphatic rings. The van der Waals surface area contributed by atoms with Crippen molar-refractivity contribution >= 4 is 30.8 Å². The van der Waals surface area contributed by atoms with Gasteiger partial charge < -0.3 is 0 Å². The molecule has 0 fully saturated rings. The molecule has 4 aromatic rings. The molecule has 5 rings (SSSR count). The van der Waals surface area contributed by atoms with Crippen molar-refractivity contribution in [2.45, 2.75) is 19.6 Å². The topological polar surface area (TPSA) is 149 Å². The second kappa shape index (κ2) is 9.15. The molecule has 0 saturated carbocycles. The Hall–Kier alpha value is -2.43. The Bertz CT molecular complexity index is 1570. The third-order valence-electron chi connectivity index (χ3n) is 5.74. The average molecular weight is 537 g/mol. The van der Waals surface area contributed by atoms with Crippen LogP contribution in [0.2, 0.25) is 0 Å². The van der Waals surface area contributed by atoms with Gasteiger partial charge in [-0.3, -0.25) is 18.2 Å². The zero-order valence-electron chi connectivity index (χ0n) is 18.7. The fourth-order valence-electron chi connectivity index (χ4n) is 3.98. The minimum Gasteiger partial charge on any atom is -0.299 e. The first-order valence-electron chi connectivity index (χ1n) is 10.00. The fourth-order valence-corrected chi connectivity index (χ4v) is 6.69. The van der Waals surface area contributed by atoms with E-state index in [1.54, 1.807) is 30.3 Å². The van der Waals surface area contributed by atoms with Crippen molar-refractivity contribution in [3.8, 4) is 33.4 Å². The van der Waals surface area contributed by atoms with Gasteiger partial charge in [0.05, 0.1) is 9.79 Å². The molecule has 0 spiro atoms. The summed E-state index contributed by atoms with van der Waals surface area (Å²) in [5.41, 5.74) is 3.56. The Labute approximate surface area is 221 Å². The van der Waals surface area contributed by atoms with Gasteiger partial charge in [-0.2, -0.15) is 27.4 Å². The van der Waals surface area contributed by atoms with Crippen molar-refractivity contribution < 1.29 is 53.9 Å². The summed E-state index contributed by atoms with van der Waals surface area (Å²) in [5.74, 6) is 0. The van der Waals surface area contributed by atoms with Crippen LogP contribution in [0.5, 0.6) is 0 Å². The minimum atomic E-state index is -4.33. The van der Waals surface area contributed by atoms with Gasteiger partial charge in [0.15, 0.2) is 0 Å². The maximum Gasteiger partial charge on any atom is 1.00 e. The van der Waals surface area contributed by atoms with Crippen molar-refractivity contribution in [2.75, 3.05) is 0 Å². The van der Waals surface area contributed by atoms with Gasteiger partial charge >= 0.3 is 18.9 Å². The molecule has 0 unspecified atom stereocenters. The van der Waals surface area contributed by atoms with Crippen LogP contribution in [-0.2, 0) is 20.2 Å². The summed E-state index contributed by atoms with van der Waals surface area (Å²) in [6.45, 7) is 0. The van der Waals surface area contributed by atoms with Gasteiger partial charge in [-0.05, 0) is 46.4 Å². The van der Waals surface area contributed by atoms with E-state index in [1.807, 2.05) is 0 Å². The third kappa shape index (κ3) is 4.66. The molecule has 0 aromatic heterocycles. The van der Waals surface area contributed by atoms with Crippen molar-refractivity contribution in [3.63, 3.8) is 0 Å². The molecule has 180 valence electrons. The van der Waals surface area contributed by atoms with E-state index in [0.29, 0.717) is 38.3 Å². The van der Waals surface area contributed by atoms with E-state index in [4.69, 9.17) is 9.11 Å². The molecule has 0 bridgehead atoms. The molecule has 8 nitrogen and oxygen atoms in total. The SMILES string of the molecule is O=S(=O)(O)c1ccc(-c2c[c-]c3c(c2)S(O)(O)c2cc(-c4ccc(S(=O)(=O)O)cc4)ccc2-3)cc1.[Li+]. The van der Waals surface area contributed by atoms with E-state index >= 15 is 0 Å². The molecule has 1 aliphatic heterocycles. The van der Waals surface area contributed by atoms with Gasteiger partial charge in [0.1, 0.15) is 0 Å². The molecule has 0 atom stereocenters. The summed E-state index contributed by atoms with van der Waals surface area (Å²) in [5, 5.41) is 0. The molecule has 12 heteroatoms. The first kappa shape index (κ1) is 26.6. The molecule has 0 saturated heterocycles. The zero-order valence-corrected chi connectivity index (χ0v) is 21.1. The van der Waals surface area contributed by atoms with E-state index in [0.717, 1.165) is 0 Å². The van der Waals surface area contributed by atoms with Crippen LogP contribution in [-0.4, -0.2) is 35.0 Å². The van der Waals surface area contributed by atoms with Crippen molar-refractivity contribution in [3.05, 3.63) is 84.9 Å². The Morgan fingerprint density at radius 1 is 0.611 bits per heavy atom. The summed E-state index contributed by atoms with van der Waals surface area (Å²) in [6.07, 6.45) is 0. The molecule has 36 heavy (non-hydrogen) atoms. The van der Waals surface area contributed by atoms with Crippen LogP contribution in [0, 0.1) is 6.07 Å². The van der Waals surface area contributed by atoms with E-state index < -0.39 is 30.8 Å². The zero-order chi connectivity index (χ0) is 25.2. The largest absolute Gasteiger partial charge is 1.00 e. The van der Waals surface area contributed by atoms with E-state index in [1.165, 1.54) is 48.5 Å². The predicted octanol–water partition coefficient (Wildman–Crippen LogP) is 2.47. The van der Waals surface area contributed by atoms with Crippen LogP contribution in [0.25, 0.3) is 33.4 Å². The van der Waals surface area contributed by atoms with Crippen molar-refractivity contribution in [1.29, 1.82) is 0 Å². The monoisotopic (exact) mass is 536 g/mol.